The van der Waals surface area contributed by atoms with E-state index in [-0.39, 0.29) is 0 Å². The number of nitrogens with zero attached hydrogens (tertiary/aromatic N) is 5. The molecule has 0 bridgehead atoms. The van der Waals surface area contributed by atoms with E-state index in [0.29, 0.717) is 37.3 Å². The summed E-state index contributed by atoms with van der Waals surface area (Å²) >= 11 is 5.73. The number of hydrogen-bond donors (Lipinski definition) is 0. The standard InChI is InChI=1S/C12H14ClN5O2/c1-2-5-16-6-7-17(12(16)15-18(19)20)9-10-3-4-11(13)14-8-10/h2-4,8H,1,5-7,9H2/b15-12+. The molecule has 0 aliphatic carbocycles. The van der Waals surface area contributed by atoms with Crippen LogP contribution in [0.5, 0.6) is 0 Å². The van der Waals surface area contributed by atoms with Gasteiger partial charge in [-0.3, -0.25) is 0 Å². The minimum atomic E-state index is -0.677. The van der Waals surface area contributed by atoms with Crippen molar-refractivity contribution in [2.75, 3.05) is 19.6 Å². The van der Waals surface area contributed by atoms with Crippen LogP contribution < -0.4 is 0 Å². The van der Waals surface area contributed by atoms with Crippen molar-refractivity contribution in [2.24, 2.45) is 5.10 Å². The molecule has 0 N–H and O–H groups in total. The largest absolute Gasteiger partial charge is 0.332 e. The number of aromatic nitrogens is 1. The van der Waals surface area contributed by atoms with Crippen molar-refractivity contribution in [2.45, 2.75) is 6.54 Å². The lowest BCUT2D eigenvalue weighted by atomic mass is 10.3. The van der Waals surface area contributed by atoms with Gasteiger partial charge in [0.25, 0.3) is 5.96 Å². The highest BCUT2D eigenvalue weighted by molar-refractivity contribution is 6.29. The number of halogens is 1. The lowest BCUT2D eigenvalue weighted by Gasteiger charge is -2.19. The Balaban J connectivity index is 2.15. The molecule has 1 aliphatic heterocycles. The number of hydrazone groups is 1. The molecule has 1 saturated heterocycles. The lowest BCUT2D eigenvalue weighted by Crippen LogP contribution is -2.34. The molecule has 0 amide bonds. The van der Waals surface area contributed by atoms with Crippen molar-refractivity contribution in [3.8, 4) is 0 Å². The minimum Gasteiger partial charge on any atom is -0.332 e. The van der Waals surface area contributed by atoms with Crippen LogP contribution in [0.15, 0.2) is 36.1 Å². The smallest absolute Gasteiger partial charge is 0.274 e. The van der Waals surface area contributed by atoms with E-state index in [4.69, 9.17) is 11.6 Å². The second kappa shape index (κ2) is 6.33. The molecule has 0 saturated carbocycles. The molecule has 0 atom stereocenters. The summed E-state index contributed by atoms with van der Waals surface area (Å²) in [7, 11) is 0. The van der Waals surface area contributed by atoms with Gasteiger partial charge in [0.2, 0.25) is 0 Å². The van der Waals surface area contributed by atoms with E-state index in [9.17, 15) is 10.1 Å². The predicted octanol–water partition coefficient (Wildman–Crippen LogP) is 1.59. The molecule has 1 aliphatic rings. The van der Waals surface area contributed by atoms with Crippen LogP contribution in [-0.2, 0) is 6.54 Å². The first kappa shape index (κ1) is 14.3. The Morgan fingerprint density at radius 2 is 2.25 bits per heavy atom. The quantitative estimate of drug-likeness (QED) is 0.357. The minimum absolute atomic E-state index is 0.352. The lowest BCUT2D eigenvalue weighted by molar-refractivity contribution is -0.486. The van der Waals surface area contributed by atoms with Crippen LogP contribution in [0.25, 0.3) is 0 Å². The Morgan fingerprint density at radius 3 is 2.85 bits per heavy atom. The average Bonchev–Trinajstić information content (AvgIpc) is 2.75. The molecule has 106 valence electrons. The third-order valence-electron chi connectivity index (χ3n) is 2.89. The highest BCUT2D eigenvalue weighted by Crippen LogP contribution is 2.14. The van der Waals surface area contributed by atoms with Gasteiger partial charge in [-0.2, -0.15) is 0 Å². The molecule has 0 aromatic carbocycles. The molecule has 1 aromatic heterocycles. The summed E-state index contributed by atoms with van der Waals surface area (Å²) in [6, 6.07) is 3.54. The summed E-state index contributed by atoms with van der Waals surface area (Å²) in [4.78, 5) is 18.3. The molecule has 0 unspecified atom stereocenters. The molecule has 1 fully saturated rings. The monoisotopic (exact) mass is 295 g/mol. The molecule has 8 heteroatoms. The maximum Gasteiger partial charge on any atom is 0.274 e. The third-order valence-corrected chi connectivity index (χ3v) is 3.11. The van der Waals surface area contributed by atoms with Crippen molar-refractivity contribution < 1.29 is 5.03 Å². The summed E-state index contributed by atoms with van der Waals surface area (Å²) in [5.41, 5.74) is 0.922. The second-order valence-corrected chi connectivity index (χ2v) is 4.67. The average molecular weight is 296 g/mol. The van der Waals surface area contributed by atoms with Gasteiger partial charge in [-0.05, 0) is 11.6 Å². The van der Waals surface area contributed by atoms with E-state index in [1.807, 2.05) is 15.9 Å². The highest BCUT2D eigenvalue weighted by atomic mass is 35.5. The van der Waals surface area contributed by atoms with Crippen molar-refractivity contribution in [3.63, 3.8) is 0 Å². The van der Waals surface area contributed by atoms with Crippen molar-refractivity contribution in [3.05, 3.63) is 51.8 Å². The maximum atomic E-state index is 10.7. The van der Waals surface area contributed by atoms with Crippen LogP contribution in [-0.4, -0.2) is 45.4 Å². The Kier molecular flexibility index (Phi) is 4.52. The fraction of sp³-hybridized carbons (Fsp3) is 0.333. The summed E-state index contributed by atoms with van der Waals surface area (Å²) in [5.74, 6) is 0.352. The van der Waals surface area contributed by atoms with Crippen molar-refractivity contribution in [1.29, 1.82) is 0 Å². The summed E-state index contributed by atoms with van der Waals surface area (Å²) in [6.07, 6.45) is 3.35. The van der Waals surface area contributed by atoms with Crippen LogP contribution in [0.1, 0.15) is 5.56 Å². The topological polar surface area (TPSA) is 74.9 Å². The van der Waals surface area contributed by atoms with Crippen LogP contribution in [0.2, 0.25) is 5.15 Å². The Labute approximate surface area is 121 Å². The van der Waals surface area contributed by atoms with Gasteiger partial charge in [0, 0.05) is 32.4 Å². The molecule has 20 heavy (non-hydrogen) atoms. The van der Waals surface area contributed by atoms with E-state index >= 15 is 0 Å². The van der Waals surface area contributed by atoms with Crippen LogP contribution in [0.3, 0.4) is 0 Å². The van der Waals surface area contributed by atoms with Gasteiger partial charge in [0.15, 0.2) is 5.03 Å². The van der Waals surface area contributed by atoms with Crippen molar-refractivity contribution >= 4 is 17.6 Å². The normalized spacial score (nSPS) is 16.8. The van der Waals surface area contributed by atoms with E-state index < -0.39 is 5.03 Å². The van der Waals surface area contributed by atoms with Crippen molar-refractivity contribution in [1.82, 2.24) is 14.8 Å². The number of guanidine groups is 1. The molecule has 2 rings (SSSR count). The zero-order valence-electron chi connectivity index (χ0n) is 10.8. The Morgan fingerprint density at radius 1 is 1.50 bits per heavy atom. The number of hydrogen-bond acceptors (Lipinski definition) is 3. The Bertz CT molecular complexity index is 531. The van der Waals surface area contributed by atoms with Gasteiger partial charge in [-0.1, -0.05) is 23.7 Å². The van der Waals surface area contributed by atoms with Crippen LogP contribution in [0, 0.1) is 10.1 Å². The molecule has 0 spiro atoms. The Hall–Kier alpha value is -2.15. The first-order valence-corrected chi connectivity index (χ1v) is 6.42. The number of nitro groups is 1. The molecule has 1 aromatic rings. The zero-order chi connectivity index (χ0) is 14.5. The van der Waals surface area contributed by atoms with Gasteiger partial charge in [0.1, 0.15) is 10.3 Å². The van der Waals surface area contributed by atoms with E-state index in [2.05, 4.69) is 16.7 Å². The van der Waals surface area contributed by atoms with Gasteiger partial charge in [-0.25, -0.2) is 15.1 Å². The summed E-state index contributed by atoms with van der Waals surface area (Å²) in [6.45, 7) is 6.03. The van der Waals surface area contributed by atoms with E-state index in [0.717, 1.165) is 5.56 Å². The fourth-order valence-corrected chi connectivity index (χ4v) is 2.15. The SMILES string of the molecule is C=CCN1CCN(Cc2ccc(Cl)nc2)/C1=N/[N+](=O)[O-]. The highest BCUT2D eigenvalue weighted by Gasteiger charge is 2.28. The zero-order valence-corrected chi connectivity index (χ0v) is 11.5. The van der Waals surface area contributed by atoms with Gasteiger partial charge < -0.3 is 9.80 Å². The maximum absolute atomic E-state index is 10.7. The first-order chi connectivity index (χ1) is 9.60. The summed E-state index contributed by atoms with van der Waals surface area (Å²) < 4.78 is 0. The van der Waals surface area contributed by atoms with Crippen LogP contribution >= 0.6 is 11.6 Å². The third kappa shape index (κ3) is 3.45. The van der Waals surface area contributed by atoms with Gasteiger partial charge >= 0.3 is 0 Å². The molecule has 0 radical (unpaired) electrons. The molecular formula is C12H14ClN5O2. The summed E-state index contributed by atoms with van der Waals surface area (Å²) in [5, 5.41) is 13.9. The van der Waals surface area contributed by atoms with Gasteiger partial charge in [-0.15, -0.1) is 6.58 Å². The predicted molar refractivity (Wildman–Crippen MR) is 75.9 cm³/mol. The second-order valence-electron chi connectivity index (χ2n) is 4.28. The van der Waals surface area contributed by atoms with Crippen LogP contribution in [0.4, 0.5) is 0 Å². The van der Waals surface area contributed by atoms with E-state index in [1.54, 1.807) is 18.3 Å². The number of rotatable bonds is 5. The van der Waals surface area contributed by atoms with E-state index in [1.165, 1.54) is 0 Å². The molecular weight excluding hydrogens is 282 g/mol. The molecule has 7 nitrogen and oxygen atoms in total. The van der Waals surface area contributed by atoms with Gasteiger partial charge in [0.05, 0.1) is 0 Å². The first-order valence-electron chi connectivity index (χ1n) is 6.04. The fourth-order valence-electron chi connectivity index (χ4n) is 2.04. The number of pyridine rings is 1. The molecule has 2 heterocycles.